The molecule has 178 valence electrons. The van der Waals surface area contributed by atoms with Crippen LogP contribution < -0.4 is 0 Å². The molecule has 0 aromatic rings. The van der Waals surface area contributed by atoms with Crippen LogP contribution in [0.25, 0.3) is 0 Å². The summed E-state index contributed by atoms with van der Waals surface area (Å²) >= 11 is 0. The van der Waals surface area contributed by atoms with Gasteiger partial charge in [-0.2, -0.15) is 8.42 Å². The summed E-state index contributed by atoms with van der Waals surface area (Å²) in [4.78, 5) is 25.3. The molecule has 0 saturated heterocycles. The Kier molecular flexibility index (Phi) is 15.0. The molecule has 0 aliphatic carbocycles. The van der Waals surface area contributed by atoms with Gasteiger partial charge in [0.25, 0.3) is 10.1 Å². The number of esters is 2. The molecule has 0 heterocycles. The Bertz CT molecular complexity index is 570. The summed E-state index contributed by atoms with van der Waals surface area (Å²) in [6, 6.07) is 0. The van der Waals surface area contributed by atoms with Gasteiger partial charge in [-0.3, -0.25) is 14.1 Å². The van der Waals surface area contributed by atoms with E-state index >= 15 is 0 Å². The van der Waals surface area contributed by atoms with Gasteiger partial charge in [0, 0.05) is 0 Å². The average Bonchev–Trinajstić information content (AvgIpc) is 2.70. The highest BCUT2D eigenvalue weighted by atomic mass is 32.2. The van der Waals surface area contributed by atoms with Crippen LogP contribution in [0.1, 0.15) is 104 Å². The summed E-state index contributed by atoms with van der Waals surface area (Å²) in [7, 11) is -2.63. The van der Waals surface area contributed by atoms with Crippen LogP contribution in [0.3, 0.4) is 0 Å². The predicted octanol–water partition coefficient (Wildman–Crippen LogP) is 5.08. The van der Waals surface area contributed by atoms with Crippen molar-refractivity contribution in [2.24, 2.45) is 5.41 Å². The summed E-state index contributed by atoms with van der Waals surface area (Å²) in [5, 5.41) is -1.98. The minimum atomic E-state index is -4.87. The van der Waals surface area contributed by atoms with Crippen molar-refractivity contribution in [2.45, 2.75) is 109 Å². The summed E-state index contributed by atoms with van der Waals surface area (Å²) in [6.07, 6.45) is 11.6. The van der Waals surface area contributed by atoms with Crippen molar-refractivity contribution in [2.75, 3.05) is 14.2 Å². The van der Waals surface area contributed by atoms with Crippen molar-refractivity contribution in [1.29, 1.82) is 0 Å². The highest BCUT2D eigenvalue weighted by Crippen LogP contribution is 2.40. The van der Waals surface area contributed by atoms with Gasteiger partial charge in [0.2, 0.25) is 0 Å². The molecular formula is C22H42O7S. The van der Waals surface area contributed by atoms with Gasteiger partial charge in [-0.15, -0.1) is 0 Å². The van der Waals surface area contributed by atoms with Crippen LogP contribution in [0.15, 0.2) is 0 Å². The van der Waals surface area contributed by atoms with Crippen molar-refractivity contribution in [3.63, 3.8) is 0 Å². The zero-order valence-electron chi connectivity index (χ0n) is 19.3. The summed E-state index contributed by atoms with van der Waals surface area (Å²) < 4.78 is 43.9. The van der Waals surface area contributed by atoms with Crippen LogP contribution in [0.5, 0.6) is 0 Å². The van der Waals surface area contributed by atoms with E-state index in [4.69, 9.17) is 4.74 Å². The van der Waals surface area contributed by atoms with Crippen LogP contribution in [0, 0.1) is 5.41 Å². The van der Waals surface area contributed by atoms with Crippen LogP contribution in [0.4, 0.5) is 0 Å². The Hall–Kier alpha value is -1.15. The topological polar surface area (TPSA) is 107 Å². The fraction of sp³-hybridized carbons (Fsp3) is 0.909. The number of ether oxygens (including phenoxy) is 2. The normalized spacial score (nSPS) is 13.1. The van der Waals surface area contributed by atoms with E-state index in [0.29, 0.717) is 12.8 Å². The van der Waals surface area contributed by atoms with Gasteiger partial charge >= 0.3 is 11.9 Å². The molecule has 0 aromatic heterocycles. The lowest BCUT2D eigenvalue weighted by Gasteiger charge is -2.35. The lowest BCUT2D eigenvalue weighted by Crippen LogP contribution is -2.52. The first kappa shape index (κ1) is 28.9. The molecule has 8 heteroatoms. The standard InChI is InChI=1S/C22H42O7S/c1-5-7-9-11-13-15-17-22(21(24)29-4,18-16-14-12-10-8-6-2)19(20(23)28-3)30(25,26)27/h19H,5-18H2,1-4H3,(H,25,26,27). The average molecular weight is 451 g/mol. The Morgan fingerprint density at radius 2 is 1.17 bits per heavy atom. The second-order valence-electron chi connectivity index (χ2n) is 8.10. The van der Waals surface area contributed by atoms with E-state index in [2.05, 4.69) is 18.6 Å². The quantitative estimate of drug-likeness (QED) is 0.176. The molecule has 0 amide bonds. The molecule has 0 aliphatic heterocycles. The van der Waals surface area contributed by atoms with E-state index in [-0.39, 0.29) is 12.8 Å². The Morgan fingerprint density at radius 1 is 0.767 bits per heavy atom. The van der Waals surface area contributed by atoms with E-state index in [1.807, 2.05) is 0 Å². The molecule has 0 aromatic carbocycles. The Labute approximate surface area is 183 Å². The molecule has 1 atom stereocenters. The van der Waals surface area contributed by atoms with E-state index in [1.54, 1.807) is 0 Å². The third kappa shape index (κ3) is 9.77. The van der Waals surface area contributed by atoms with Crippen molar-refractivity contribution >= 4 is 22.1 Å². The minimum absolute atomic E-state index is 0.153. The minimum Gasteiger partial charge on any atom is -0.469 e. The largest absolute Gasteiger partial charge is 0.469 e. The summed E-state index contributed by atoms with van der Waals surface area (Å²) in [5.41, 5.74) is -1.65. The van der Waals surface area contributed by atoms with Crippen molar-refractivity contribution in [1.82, 2.24) is 0 Å². The van der Waals surface area contributed by atoms with Crippen molar-refractivity contribution < 1.29 is 32.0 Å². The number of rotatable bonds is 18. The van der Waals surface area contributed by atoms with Crippen LogP contribution in [-0.2, 0) is 29.2 Å². The molecule has 0 rings (SSSR count). The molecule has 0 spiro atoms. The zero-order valence-corrected chi connectivity index (χ0v) is 20.1. The maximum absolute atomic E-state index is 12.9. The highest BCUT2D eigenvalue weighted by Gasteiger charge is 2.56. The molecule has 1 unspecified atom stereocenters. The molecular weight excluding hydrogens is 408 g/mol. The molecule has 30 heavy (non-hydrogen) atoms. The van der Waals surface area contributed by atoms with E-state index in [0.717, 1.165) is 71.3 Å². The first-order chi connectivity index (χ1) is 14.2. The number of carbonyl (C=O) groups is 2. The van der Waals surface area contributed by atoms with E-state index < -0.39 is 32.7 Å². The molecule has 0 radical (unpaired) electrons. The number of methoxy groups -OCH3 is 2. The SMILES string of the molecule is CCCCCCCCC(CCCCCCCC)(C(=O)OC)C(C(=O)OC)S(=O)(=O)O. The molecule has 0 saturated carbocycles. The molecule has 0 fully saturated rings. The maximum Gasteiger partial charge on any atom is 0.327 e. The second kappa shape index (κ2) is 15.6. The molecule has 1 N–H and O–H groups in total. The fourth-order valence-electron chi connectivity index (χ4n) is 4.08. The first-order valence-corrected chi connectivity index (χ1v) is 12.8. The Balaban J connectivity index is 5.63. The molecule has 0 aliphatic rings. The number of hydrogen-bond acceptors (Lipinski definition) is 6. The lowest BCUT2D eigenvalue weighted by molar-refractivity contribution is -0.160. The van der Waals surface area contributed by atoms with E-state index in [1.165, 1.54) is 7.11 Å². The van der Waals surface area contributed by atoms with Crippen molar-refractivity contribution in [3.8, 4) is 0 Å². The first-order valence-electron chi connectivity index (χ1n) is 11.3. The fourth-order valence-corrected chi connectivity index (χ4v) is 5.32. The van der Waals surface area contributed by atoms with Crippen LogP contribution >= 0.6 is 0 Å². The second-order valence-corrected chi connectivity index (χ2v) is 9.60. The maximum atomic E-state index is 12.9. The van der Waals surface area contributed by atoms with Gasteiger partial charge in [0.1, 0.15) is 0 Å². The monoisotopic (exact) mass is 450 g/mol. The summed E-state index contributed by atoms with van der Waals surface area (Å²) in [6.45, 7) is 4.24. The highest BCUT2D eigenvalue weighted by molar-refractivity contribution is 7.87. The van der Waals surface area contributed by atoms with Crippen molar-refractivity contribution in [3.05, 3.63) is 0 Å². The van der Waals surface area contributed by atoms with Crippen LogP contribution in [0.2, 0.25) is 0 Å². The van der Waals surface area contributed by atoms with Gasteiger partial charge in [-0.05, 0) is 12.8 Å². The number of unbranched alkanes of at least 4 members (excludes halogenated alkanes) is 10. The van der Waals surface area contributed by atoms with E-state index in [9.17, 15) is 22.6 Å². The third-order valence-electron chi connectivity index (χ3n) is 5.76. The number of hydrogen-bond donors (Lipinski definition) is 1. The molecule has 7 nitrogen and oxygen atoms in total. The number of carbonyl (C=O) groups excluding carboxylic acids is 2. The lowest BCUT2D eigenvalue weighted by atomic mass is 9.74. The zero-order chi connectivity index (χ0) is 23.0. The van der Waals surface area contributed by atoms with Gasteiger partial charge in [0.05, 0.1) is 19.6 Å². The van der Waals surface area contributed by atoms with Crippen LogP contribution in [-0.4, -0.2) is 44.4 Å². The predicted molar refractivity (Wildman–Crippen MR) is 118 cm³/mol. The Morgan fingerprint density at radius 3 is 1.50 bits per heavy atom. The smallest absolute Gasteiger partial charge is 0.327 e. The van der Waals surface area contributed by atoms with Gasteiger partial charge < -0.3 is 9.47 Å². The summed E-state index contributed by atoms with van der Waals surface area (Å²) in [5.74, 6) is -1.91. The van der Waals surface area contributed by atoms with Gasteiger partial charge in [-0.25, -0.2) is 0 Å². The van der Waals surface area contributed by atoms with Gasteiger partial charge in [0.15, 0.2) is 5.25 Å². The third-order valence-corrected chi connectivity index (χ3v) is 7.00. The molecule has 0 bridgehead atoms. The van der Waals surface area contributed by atoms with Gasteiger partial charge in [-0.1, -0.05) is 90.9 Å².